The second-order valence-electron chi connectivity index (χ2n) is 7.20. The second-order valence-corrected chi connectivity index (χ2v) is 8.17. The number of carboxylic acid groups (broad SMARTS) is 1. The lowest BCUT2D eigenvalue weighted by molar-refractivity contribution is 0.0525. The summed E-state index contributed by atoms with van der Waals surface area (Å²) in [6.45, 7) is 0.185. The Morgan fingerprint density at radius 3 is 2.31 bits per heavy atom. The van der Waals surface area contributed by atoms with E-state index in [2.05, 4.69) is 10.3 Å². The van der Waals surface area contributed by atoms with Gasteiger partial charge in [-0.25, -0.2) is 9.59 Å². The second kappa shape index (κ2) is 11.8. The first-order valence-corrected chi connectivity index (χ1v) is 10.9. The number of aliphatic hydroxyl groups excluding tert-OH is 1. The molecule has 0 saturated carbocycles. The smallest absolute Gasteiger partial charge is 0.410 e. The molecule has 0 spiro atoms. The van der Waals surface area contributed by atoms with Crippen molar-refractivity contribution < 1.29 is 24.5 Å². The van der Waals surface area contributed by atoms with Crippen LogP contribution in [0.1, 0.15) is 16.0 Å². The van der Waals surface area contributed by atoms with Crippen molar-refractivity contribution in [1.82, 2.24) is 15.2 Å². The van der Waals surface area contributed by atoms with Crippen LogP contribution in [0.3, 0.4) is 0 Å². The van der Waals surface area contributed by atoms with E-state index in [4.69, 9.17) is 4.74 Å². The zero-order chi connectivity index (χ0) is 22.8. The largest absolute Gasteiger partial charge is 0.465 e. The highest BCUT2D eigenvalue weighted by Crippen LogP contribution is 2.14. The van der Waals surface area contributed by atoms with Crippen LogP contribution in [-0.2, 0) is 24.3 Å². The summed E-state index contributed by atoms with van der Waals surface area (Å²) in [6.07, 6.45) is -1.09. The number of nitrogens with one attached hydrogen (secondary N) is 1. The number of hydrogen-bond donors (Lipinski definition) is 3. The van der Waals surface area contributed by atoms with Crippen LogP contribution in [0.15, 0.2) is 72.4 Å². The molecule has 3 rings (SSSR count). The van der Waals surface area contributed by atoms with Gasteiger partial charge in [-0.1, -0.05) is 60.7 Å². The summed E-state index contributed by atoms with van der Waals surface area (Å²) in [7, 11) is 0. The molecule has 0 aliphatic carbocycles. The Balaban J connectivity index is 1.72. The number of ether oxygens (including phenoxy) is 1. The van der Waals surface area contributed by atoms with E-state index in [9.17, 15) is 19.8 Å². The summed E-state index contributed by atoms with van der Waals surface area (Å²) in [5.74, 6) is 0. The van der Waals surface area contributed by atoms with E-state index in [1.54, 1.807) is 11.7 Å². The van der Waals surface area contributed by atoms with Crippen LogP contribution in [0.25, 0.3) is 0 Å². The summed E-state index contributed by atoms with van der Waals surface area (Å²) in [6, 6.07) is 17.8. The van der Waals surface area contributed by atoms with Crippen molar-refractivity contribution in [2.45, 2.75) is 31.7 Å². The molecule has 3 aromatic rings. The predicted octanol–water partition coefficient (Wildman–Crippen LogP) is 3.52. The van der Waals surface area contributed by atoms with Crippen LogP contribution >= 0.6 is 11.3 Å². The molecule has 0 aliphatic heterocycles. The molecule has 0 fully saturated rings. The number of thiazole rings is 1. The Morgan fingerprint density at radius 2 is 1.72 bits per heavy atom. The van der Waals surface area contributed by atoms with Crippen LogP contribution in [0.2, 0.25) is 0 Å². The summed E-state index contributed by atoms with van der Waals surface area (Å²) in [5, 5.41) is 22.5. The van der Waals surface area contributed by atoms with Crippen molar-refractivity contribution in [1.29, 1.82) is 0 Å². The van der Waals surface area contributed by atoms with Crippen molar-refractivity contribution in [2.75, 3.05) is 6.54 Å². The molecule has 32 heavy (non-hydrogen) atoms. The fourth-order valence-electron chi connectivity index (χ4n) is 3.21. The molecular weight excluding hydrogens is 430 g/mol. The number of aliphatic hydroxyl groups is 1. The highest BCUT2D eigenvalue weighted by molar-refractivity contribution is 7.09. The zero-order valence-electron chi connectivity index (χ0n) is 17.3. The van der Waals surface area contributed by atoms with Crippen LogP contribution in [0, 0.1) is 0 Å². The molecule has 2 amide bonds. The molecule has 1 heterocycles. The van der Waals surface area contributed by atoms with E-state index < -0.39 is 24.3 Å². The monoisotopic (exact) mass is 455 g/mol. The lowest BCUT2D eigenvalue weighted by Crippen LogP contribution is -2.50. The Morgan fingerprint density at radius 1 is 1.06 bits per heavy atom. The number of amides is 2. The quantitative estimate of drug-likeness (QED) is 0.431. The number of rotatable bonds is 10. The minimum atomic E-state index is -1.24. The highest BCUT2D eigenvalue weighted by atomic mass is 32.1. The lowest BCUT2D eigenvalue weighted by Gasteiger charge is -2.29. The Kier molecular flexibility index (Phi) is 8.59. The normalized spacial score (nSPS) is 12.5. The molecule has 0 unspecified atom stereocenters. The molecule has 3 N–H and O–H groups in total. The van der Waals surface area contributed by atoms with Gasteiger partial charge in [0.05, 0.1) is 29.1 Å². The van der Waals surface area contributed by atoms with Gasteiger partial charge in [0.1, 0.15) is 6.61 Å². The lowest BCUT2D eigenvalue weighted by atomic mass is 10.0. The van der Waals surface area contributed by atoms with E-state index in [0.717, 1.165) is 16.0 Å². The third-order valence-electron chi connectivity index (χ3n) is 4.78. The van der Waals surface area contributed by atoms with E-state index in [1.807, 2.05) is 60.7 Å². The van der Waals surface area contributed by atoms with Crippen molar-refractivity contribution in [3.63, 3.8) is 0 Å². The molecule has 9 heteroatoms. The minimum absolute atomic E-state index is 0.0751. The molecule has 0 radical (unpaired) electrons. The van der Waals surface area contributed by atoms with Crippen LogP contribution in [-0.4, -0.2) is 51.0 Å². The molecule has 2 aromatic carbocycles. The first-order valence-electron chi connectivity index (χ1n) is 10.1. The Hall–Kier alpha value is -3.43. The Labute approximate surface area is 190 Å². The number of hydrogen-bond acceptors (Lipinski definition) is 6. The molecule has 0 bridgehead atoms. The number of carbonyl (C=O) groups excluding carboxylic acids is 1. The zero-order valence-corrected chi connectivity index (χ0v) is 18.1. The first kappa shape index (κ1) is 23.2. The van der Waals surface area contributed by atoms with E-state index in [0.29, 0.717) is 0 Å². The molecule has 2 atom stereocenters. The van der Waals surface area contributed by atoms with Crippen molar-refractivity contribution >= 4 is 23.5 Å². The highest BCUT2D eigenvalue weighted by Gasteiger charge is 2.27. The minimum Gasteiger partial charge on any atom is -0.465 e. The summed E-state index contributed by atoms with van der Waals surface area (Å²) >= 11 is 1.38. The van der Waals surface area contributed by atoms with Gasteiger partial charge in [0.25, 0.3) is 0 Å². The topological polar surface area (TPSA) is 112 Å². The average Bonchev–Trinajstić information content (AvgIpc) is 3.31. The van der Waals surface area contributed by atoms with E-state index in [-0.39, 0.29) is 26.1 Å². The average molecular weight is 456 g/mol. The standard InChI is InChI=1S/C23H25N3O5S/c27-21(20(25-22(28)29)11-17-7-3-1-4-8-17)14-26(13-18-9-5-2-6-10-18)23(30)31-15-19-12-24-16-32-19/h1-10,12,16,20-21,25,27H,11,13-15H2,(H,28,29)/t20-,21-/m0/s1. The van der Waals surface area contributed by atoms with Gasteiger partial charge < -0.3 is 25.2 Å². The fourth-order valence-corrected chi connectivity index (χ4v) is 3.71. The van der Waals surface area contributed by atoms with Crippen molar-refractivity contribution in [3.8, 4) is 0 Å². The van der Waals surface area contributed by atoms with Gasteiger partial charge in [-0.2, -0.15) is 0 Å². The van der Waals surface area contributed by atoms with Crippen LogP contribution in [0.5, 0.6) is 0 Å². The summed E-state index contributed by atoms with van der Waals surface area (Å²) in [5.41, 5.74) is 3.38. The van der Waals surface area contributed by atoms with Crippen molar-refractivity contribution in [3.05, 3.63) is 88.4 Å². The fraction of sp³-hybridized carbons (Fsp3) is 0.261. The van der Waals surface area contributed by atoms with Gasteiger partial charge in [-0.05, 0) is 17.5 Å². The predicted molar refractivity (Wildman–Crippen MR) is 120 cm³/mol. The van der Waals surface area contributed by atoms with Gasteiger partial charge in [0.2, 0.25) is 0 Å². The number of aromatic nitrogens is 1. The summed E-state index contributed by atoms with van der Waals surface area (Å²) in [4.78, 5) is 30.3. The molecule has 8 nitrogen and oxygen atoms in total. The van der Waals surface area contributed by atoms with Gasteiger partial charge in [-0.3, -0.25) is 4.98 Å². The molecule has 168 valence electrons. The molecule has 0 saturated heterocycles. The van der Waals surface area contributed by atoms with Crippen LogP contribution < -0.4 is 5.32 Å². The number of nitrogens with zero attached hydrogens (tertiary/aromatic N) is 2. The molecular formula is C23H25N3O5S. The maximum absolute atomic E-state index is 12.8. The van der Waals surface area contributed by atoms with Crippen molar-refractivity contribution in [2.24, 2.45) is 0 Å². The maximum atomic E-state index is 12.8. The van der Waals surface area contributed by atoms with Gasteiger partial charge >= 0.3 is 12.2 Å². The van der Waals surface area contributed by atoms with E-state index >= 15 is 0 Å². The number of benzene rings is 2. The Bertz CT molecular complexity index is 970. The van der Waals surface area contributed by atoms with Gasteiger partial charge in [-0.15, -0.1) is 11.3 Å². The SMILES string of the molecule is O=C(O)N[C@@H](Cc1ccccc1)[C@@H](O)CN(Cc1ccccc1)C(=O)OCc1cncs1. The maximum Gasteiger partial charge on any atom is 0.410 e. The van der Waals surface area contributed by atoms with Gasteiger partial charge in [0, 0.05) is 12.7 Å². The van der Waals surface area contributed by atoms with E-state index in [1.165, 1.54) is 16.2 Å². The summed E-state index contributed by atoms with van der Waals surface area (Å²) < 4.78 is 5.41. The van der Waals surface area contributed by atoms with Crippen LogP contribution in [0.4, 0.5) is 9.59 Å². The van der Waals surface area contributed by atoms with Gasteiger partial charge in [0.15, 0.2) is 0 Å². The molecule has 1 aromatic heterocycles. The first-order chi connectivity index (χ1) is 15.5. The third kappa shape index (κ3) is 7.36. The third-order valence-corrected chi connectivity index (χ3v) is 5.53. The molecule has 0 aliphatic rings. The number of carbonyl (C=O) groups is 2.